The van der Waals surface area contributed by atoms with Crippen molar-refractivity contribution in [1.29, 1.82) is 0 Å². The van der Waals surface area contributed by atoms with Gasteiger partial charge in [0, 0.05) is 25.4 Å². The van der Waals surface area contributed by atoms with Gasteiger partial charge in [0.2, 0.25) is 11.6 Å². The zero-order valence-corrected chi connectivity index (χ0v) is 15.4. The number of aryl methyl sites for hydroxylation is 1. The average molecular weight is 382 g/mol. The van der Waals surface area contributed by atoms with Crippen LogP contribution in [0, 0.1) is 19.3 Å². The van der Waals surface area contributed by atoms with E-state index in [4.69, 9.17) is 12.3 Å². The first-order valence-corrected chi connectivity index (χ1v) is 9.09. The summed E-state index contributed by atoms with van der Waals surface area (Å²) in [7, 11) is 0. The number of imidazole rings is 1. The zero-order valence-electron chi connectivity index (χ0n) is 15.4. The molecule has 3 aromatic rings. The maximum atomic E-state index is 14.1. The minimum Gasteiger partial charge on any atom is -0.340 e. The smallest absolute Gasteiger partial charge is 0.206 e. The fourth-order valence-corrected chi connectivity index (χ4v) is 3.51. The number of piperidine rings is 1. The van der Waals surface area contributed by atoms with Crippen molar-refractivity contribution in [3.63, 3.8) is 0 Å². The highest BCUT2D eigenvalue weighted by atomic mass is 19.1. The summed E-state index contributed by atoms with van der Waals surface area (Å²) in [6.45, 7) is 9.99. The molecule has 144 valence electrons. The van der Waals surface area contributed by atoms with Gasteiger partial charge in [-0.3, -0.25) is 4.98 Å². The summed E-state index contributed by atoms with van der Waals surface area (Å²) in [5, 5.41) is 0. The number of anilines is 1. The van der Waals surface area contributed by atoms with Gasteiger partial charge in [-0.15, -0.1) is 0 Å². The van der Waals surface area contributed by atoms with E-state index in [-0.39, 0.29) is 5.82 Å². The van der Waals surface area contributed by atoms with Crippen LogP contribution < -0.4 is 10.6 Å². The molecule has 1 fully saturated rings. The van der Waals surface area contributed by atoms with Crippen molar-refractivity contribution in [2.45, 2.75) is 32.1 Å². The summed E-state index contributed by atoms with van der Waals surface area (Å²) >= 11 is 0. The average Bonchev–Trinajstić information content (AvgIpc) is 3.02. The quantitative estimate of drug-likeness (QED) is 0.706. The van der Waals surface area contributed by atoms with Gasteiger partial charge in [0.15, 0.2) is 0 Å². The minimum absolute atomic E-state index is 0.317. The lowest BCUT2D eigenvalue weighted by atomic mass is 10.1. The molecule has 1 aliphatic rings. The lowest BCUT2D eigenvalue weighted by molar-refractivity contribution is 0.243. The van der Waals surface area contributed by atoms with Crippen LogP contribution in [0.4, 0.5) is 20.4 Å². The summed E-state index contributed by atoms with van der Waals surface area (Å²) in [5.74, 6) is 0.306. The first-order valence-electron chi connectivity index (χ1n) is 9.09. The van der Waals surface area contributed by atoms with Gasteiger partial charge in [-0.1, -0.05) is 6.07 Å². The molecule has 0 bridgehead atoms. The number of benzene rings is 1. The van der Waals surface area contributed by atoms with E-state index in [0.29, 0.717) is 48.8 Å². The van der Waals surface area contributed by atoms with Gasteiger partial charge in [0.25, 0.3) is 0 Å². The van der Waals surface area contributed by atoms with Crippen molar-refractivity contribution in [3.8, 4) is 0 Å². The Labute approximate surface area is 161 Å². The van der Waals surface area contributed by atoms with Crippen molar-refractivity contribution in [2.24, 2.45) is 5.73 Å². The molecule has 1 aliphatic heterocycles. The van der Waals surface area contributed by atoms with Crippen LogP contribution in [0.2, 0.25) is 0 Å². The molecule has 0 unspecified atom stereocenters. The molecule has 28 heavy (non-hydrogen) atoms. The highest BCUT2D eigenvalue weighted by molar-refractivity contribution is 5.80. The Balaban J connectivity index is 1.79. The van der Waals surface area contributed by atoms with Crippen molar-refractivity contribution in [1.82, 2.24) is 14.5 Å². The monoisotopic (exact) mass is 382 g/mol. The molecule has 3 heterocycles. The zero-order chi connectivity index (χ0) is 19.8. The maximum Gasteiger partial charge on any atom is 0.206 e. The molecule has 0 aliphatic carbocycles. The third-order valence-corrected chi connectivity index (χ3v) is 5.12. The molecule has 6 nitrogen and oxygen atoms in total. The lowest BCUT2D eigenvalue weighted by Gasteiger charge is -2.34. The Hall–Kier alpha value is -3.05. The third kappa shape index (κ3) is 3.29. The molecular formula is C20H20F2N6. The van der Waals surface area contributed by atoms with Crippen LogP contribution in [0.15, 0.2) is 30.5 Å². The van der Waals surface area contributed by atoms with Crippen LogP contribution >= 0.6 is 0 Å². The van der Waals surface area contributed by atoms with Gasteiger partial charge in [-0.05, 0) is 31.0 Å². The number of hydrogen-bond donors (Lipinski definition) is 1. The molecule has 0 spiro atoms. The normalized spacial score (nSPS) is 19.8. The number of nitrogens with two attached hydrogens (primary N) is 1. The molecular weight excluding hydrogens is 362 g/mol. The van der Waals surface area contributed by atoms with Crippen LogP contribution in [0.1, 0.15) is 17.7 Å². The van der Waals surface area contributed by atoms with Gasteiger partial charge in [0.1, 0.15) is 12.0 Å². The van der Waals surface area contributed by atoms with Crippen molar-refractivity contribution < 1.29 is 8.78 Å². The number of fused-ring (bicyclic) bond motifs is 1. The van der Waals surface area contributed by atoms with Crippen molar-refractivity contribution in [2.75, 3.05) is 18.0 Å². The molecule has 1 saturated heterocycles. The van der Waals surface area contributed by atoms with Crippen LogP contribution in [0.25, 0.3) is 15.9 Å². The second kappa shape index (κ2) is 7.17. The van der Waals surface area contributed by atoms with E-state index in [1.165, 1.54) is 12.3 Å². The summed E-state index contributed by atoms with van der Waals surface area (Å²) in [6, 6.07) is 6.09. The number of pyridine rings is 1. The first kappa shape index (κ1) is 18.3. The Morgan fingerprint density at radius 1 is 1.36 bits per heavy atom. The predicted octanol–water partition coefficient (Wildman–Crippen LogP) is 3.35. The number of alkyl halides is 1. The molecule has 1 aromatic carbocycles. The van der Waals surface area contributed by atoms with Gasteiger partial charge in [0.05, 0.1) is 35.9 Å². The molecule has 0 radical (unpaired) electrons. The minimum atomic E-state index is -1.03. The highest BCUT2D eigenvalue weighted by Gasteiger charge is 2.29. The summed E-state index contributed by atoms with van der Waals surface area (Å²) in [6.07, 6.45) is 0.823. The van der Waals surface area contributed by atoms with E-state index in [2.05, 4.69) is 14.8 Å². The van der Waals surface area contributed by atoms with E-state index < -0.39 is 12.2 Å². The van der Waals surface area contributed by atoms with Gasteiger partial charge in [-0.25, -0.2) is 18.6 Å². The Morgan fingerprint density at radius 3 is 2.86 bits per heavy atom. The van der Waals surface area contributed by atoms with Crippen LogP contribution in [-0.4, -0.2) is 39.8 Å². The van der Waals surface area contributed by atoms with Gasteiger partial charge >= 0.3 is 0 Å². The van der Waals surface area contributed by atoms with Crippen molar-refractivity contribution >= 4 is 22.7 Å². The Morgan fingerprint density at radius 2 is 2.18 bits per heavy atom. The van der Waals surface area contributed by atoms with E-state index in [0.717, 1.165) is 11.2 Å². The molecule has 0 saturated carbocycles. The van der Waals surface area contributed by atoms with Crippen LogP contribution in [0.3, 0.4) is 0 Å². The summed E-state index contributed by atoms with van der Waals surface area (Å²) in [5.41, 5.74) is 8.98. The standard InChI is InChI=1S/C20H20F2N6/c1-12-7-19-18(8-16(12)22)26-20(27-6-5-15(21)17(23)11-27)28(19)10-14-4-3-13(24-2)9-25-14/h3-4,7-9,15,17H,5-6,10-11,23H2,1H3/t15-,17-/m1/s1. The number of nitrogens with zero attached hydrogens (tertiary/aromatic N) is 5. The fraction of sp³-hybridized carbons (Fsp3) is 0.350. The molecule has 2 aromatic heterocycles. The maximum absolute atomic E-state index is 14.1. The number of aromatic nitrogens is 3. The van der Waals surface area contributed by atoms with E-state index in [9.17, 15) is 8.78 Å². The SMILES string of the molecule is [C-]#[N+]c1ccc(Cn2c(N3CC[C@@H](F)[C@H](N)C3)nc3cc(F)c(C)cc32)nc1. The van der Waals surface area contributed by atoms with E-state index in [1.807, 2.05) is 9.47 Å². The Bertz CT molecular complexity index is 1050. The Kier molecular flexibility index (Phi) is 4.69. The lowest BCUT2D eigenvalue weighted by Crippen LogP contribution is -2.50. The fourth-order valence-electron chi connectivity index (χ4n) is 3.51. The molecule has 4 rings (SSSR count). The van der Waals surface area contributed by atoms with Crippen molar-refractivity contribution in [3.05, 3.63) is 59.0 Å². The molecule has 2 atom stereocenters. The van der Waals surface area contributed by atoms with Gasteiger partial charge < -0.3 is 15.2 Å². The number of halogens is 2. The largest absolute Gasteiger partial charge is 0.340 e. The van der Waals surface area contributed by atoms with E-state index >= 15 is 0 Å². The molecule has 8 heteroatoms. The highest BCUT2D eigenvalue weighted by Crippen LogP contribution is 2.28. The van der Waals surface area contributed by atoms with Crippen LogP contribution in [0.5, 0.6) is 0 Å². The number of hydrogen-bond acceptors (Lipinski definition) is 4. The molecule has 2 N–H and O–H groups in total. The summed E-state index contributed by atoms with van der Waals surface area (Å²) < 4.78 is 29.9. The summed E-state index contributed by atoms with van der Waals surface area (Å²) in [4.78, 5) is 14.3. The van der Waals surface area contributed by atoms with Gasteiger partial charge in [-0.2, -0.15) is 0 Å². The second-order valence-electron chi connectivity index (χ2n) is 7.12. The molecule has 0 amide bonds. The number of rotatable bonds is 3. The first-order chi connectivity index (χ1) is 13.5. The van der Waals surface area contributed by atoms with E-state index in [1.54, 1.807) is 25.1 Å². The predicted molar refractivity (Wildman–Crippen MR) is 104 cm³/mol. The third-order valence-electron chi connectivity index (χ3n) is 5.12. The second-order valence-corrected chi connectivity index (χ2v) is 7.12. The van der Waals surface area contributed by atoms with Crippen LogP contribution in [-0.2, 0) is 6.54 Å². The topological polar surface area (TPSA) is 64.3 Å².